The molecule has 2 aromatic rings. The highest BCUT2D eigenvalue weighted by Crippen LogP contribution is 2.32. The largest absolute Gasteiger partial charge is 0.441 e. The monoisotopic (exact) mass is 395 g/mol. The minimum absolute atomic E-state index is 0.190. The Bertz CT molecular complexity index is 587. The second-order valence-corrected chi connectivity index (χ2v) is 5.46. The summed E-state index contributed by atoms with van der Waals surface area (Å²) in [6.45, 7) is 3.99. The number of oxazole rings is 1. The fourth-order valence-electron chi connectivity index (χ4n) is 1.84. The van der Waals surface area contributed by atoms with E-state index in [4.69, 9.17) is 4.42 Å². The highest BCUT2D eigenvalue weighted by molar-refractivity contribution is 14.1. The molecule has 0 spiro atoms. The second kappa shape index (κ2) is 5.75. The molecule has 0 saturated heterocycles. The third kappa shape index (κ3) is 3.16. The van der Waals surface area contributed by atoms with Crippen molar-refractivity contribution in [3.63, 3.8) is 0 Å². The average Bonchev–Trinajstić information content (AvgIpc) is 2.82. The molecule has 0 N–H and O–H groups in total. The van der Waals surface area contributed by atoms with E-state index in [0.29, 0.717) is 15.9 Å². The van der Waals surface area contributed by atoms with E-state index in [-0.39, 0.29) is 5.92 Å². The molecule has 0 saturated carbocycles. The van der Waals surface area contributed by atoms with Gasteiger partial charge in [-0.25, -0.2) is 4.98 Å². The van der Waals surface area contributed by atoms with Gasteiger partial charge in [-0.15, -0.1) is 0 Å². The first-order valence-corrected chi connectivity index (χ1v) is 7.58. The third-order valence-electron chi connectivity index (χ3n) is 2.84. The second-order valence-electron chi connectivity index (χ2n) is 4.69. The molecule has 6 heteroatoms. The molecule has 108 valence electrons. The van der Waals surface area contributed by atoms with Crippen molar-refractivity contribution in [2.45, 2.75) is 30.4 Å². The number of hydrogen-bond donors (Lipinski definition) is 0. The molecule has 0 radical (unpaired) electrons. The van der Waals surface area contributed by atoms with Crippen LogP contribution >= 0.6 is 22.6 Å². The molecule has 0 aliphatic rings. The van der Waals surface area contributed by atoms with Crippen LogP contribution in [0.2, 0.25) is 0 Å². The number of rotatable bonds is 3. The van der Waals surface area contributed by atoms with Crippen LogP contribution in [0.25, 0.3) is 11.5 Å². The Morgan fingerprint density at radius 2 is 1.80 bits per heavy atom. The number of hydrogen-bond acceptors (Lipinski definition) is 2. The van der Waals surface area contributed by atoms with Gasteiger partial charge >= 0.3 is 6.18 Å². The van der Waals surface area contributed by atoms with Crippen molar-refractivity contribution < 1.29 is 17.6 Å². The van der Waals surface area contributed by atoms with Gasteiger partial charge in [-0.1, -0.05) is 36.4 Å². The molecule has 20 heavy (non-hydrogen) atoms. The molecule has 0 aliphatic carbocycles. The predicted molar refractivity (Wildman–Crippen MR) is 78.8 cm³/mol. The standard InChI is InChI=1S/C14H13F3INO/c1-8(2)12-11(7-18)19-13(20-12)9-3-5-10(6-4-9)14(15,16)17/h3-6,8H,7H2,1-2H3. The third-order valence-corrected chi connectivity index (χ3v) is 3.56. The van der Waals surface area contributed by atoms with Crippen molar-refractivity contribution in [2.24, 2.45) is 0 Å². The zero-order valence-electron chi connectivity index (χ0n) is 11.0. The topological polar surface area (TPSA) is 26.0 Å². The van der Waals surface area contributed by atoms with Gasteiger partial charge in [-0.05, 0) is 24.3 Å². The van der Waals surface area contributed by atoms with Crippen LogP contribution in [0.1, 0.15) is 36.8 Å². The van der Waals surface area contributed by atoms with Gasteiger partial charge in [-0.2, -0.15) is 13.2 Å². The van der Waals surface area contributed by atoms with Crippen molar-refractivity contribution in [3.05, 3.63) is 41.3 Å². The van der Waals surface area contributed by atoms with Crippen LogP contribution in [-0.2, 0) is 10.6 Å². The van der Waals surface area contributed by atoms with Gasteiger partial charge in [0.2, 0.25) is 5.89 Å². The summed E-state index contributed by atoms with van der Waals surface area (Å²) in [4.78, 5) is 4.36. The zero-order chi connectivity index (χ0) is 14.9. The lowest BCUT2D eigenvalue weighted by molar-refractivity contribution is -0.137. The van der Waals surface area contributed by atoms with Gasteiger partial charge in [-0.3, -0.25) is 0 Å². The van der Waals surface area contributed by atoms with Crippen LogP contribution in [0.3, 0.4) is 0 Å². The van der Waals surface area contributed by atoms with Crippen molar-refractivity contribution in [1.82, 2.24) is 4.98 Å². The maximum atomic E-state index is 12.5. The number of halogens is 4. The molecule has 0 aliphatic heterocycles. The highest BCUT2D eigenvalue weighted by atomic mass is 127. The summed E-state index contributed by atoms with van der Waals surface area (Å²) in [5.41, 5.74) is 0.720. The summed E-state index contributed by atoms with van der Waals surface area (Å²) in [6, 6.07) is 4.85. The fraction of sp³-hybridized carbons (Fsp3) is 0.357. The Balaban J connectivity index is 2.37. The van der Waals surface area contributed by atoms with Gasteiger partial charge in [0.1, 0.15) is 5.76 Å². The summed E-state index contributed by atoms with van der Waals surface area (Å²) in [6.07, 6.45) is -4.33. The molecule has 0 fully saturated rings. The molecule has 1 aromatic heterocycles. The molecule has 0 amide bonds. The zero-order valence-corrected chi connectivity index (χ0v) is 13.1. The molecule has 0 bridgehead atoms. The first-order valence-electron chi connectivity index (χ1n) is 6.06. The van der Waals surface area contributed by atoms with Crippen LogP contribution in [0.5, 0.6) is 0 Å². The lowest BCUT2D eigenvalue weighted by Gasteiger charge is -2.06. The summed E-state index contributed by atoms with van der Waals surface area (Å²) < 4.78 is 43.9. The first-order chi connectivity index (χ1) is 9.32. The Morgan fingerprint density at radius 1 is 1.20 bits per heavy atom. The minimum atomic E-state index is -4.33. The van der Waals surface area contributed by atoms with Crippen LogP contribution in [0.4, 0.5) is 13.2 Å². The van der Waals surface area contributed by atoms with E-state index in [1.807, 2.05) is 13.8 Å². The Morgan fingerprint density at radius 3 is 2.20 bits per heavy atom. The average molecular weight is 395 g/mol. The molecular weight excluding hydrogens is 382 g/mol. The summed E-state index contributed by atoms with van der Waals surface area (Å²) in [5.74, 6) is 1.35. The van der Waals surface area contributed by atoms with E-state index in [9.17, 15) is 13.2 Å². The molecule has 1 aromatic carbocycles. The van der Waals surface area contributed by atoms with E-state index in [0.717, 1.165) is 23.6 Å². The number of benzene rings is 1. The van der Waals surface area contributed by atoms with Crippen LogP contribution < -0.4 is 0 Å². The van der Waals surface area contributed by atoms with Crippen molar-refractivity contribution in [1.29, 1.82) is 0 Å². The van der Waals surface area contributed by atoms with Crippen LogP contribution in [0, 0.1) is 0 Å². The summed E-state index contributed by atoms with van der Waals surface area (Å²) in [5, 5.41) is 0. The number of nitrogens with zero attached hydrogens (tertiary/aromatic N) is 1. The van der Waals surface area contributed by atoms with Crippen molar-refractivity contribution in [2.75, 3.05) is 0 Å². The van der Waals surface area contributed by atoms with E-state index in [1.165, 1.54) is 12.1 Å². The van der Waals surface area contributed by atoms with Crippen molar-refractivity contribution in [3.8, 4) is 11.5 Å². The van der Waals surface area contributed by atoms with Gasteiger partial charge in [0, 0.05) is 15.9 Å². The minimum Gasteiger partial charge on any atom is -0.441 e. The smallest absolute Gasteiger partial charge is 0.416 e. The SMILES string of the molecule is CC(C)c1oc(-c2ccc(C(F)(F)F)cc2)nc1CI. The molecule has 1 heterocycles. The molecule has 0 atom stereocenters. The summed E-state index contributed by atoms with van der Waals surface area (Å²) in [7, 11) is 0. The molecule has 0 unspecified atom stereocenters. The maximum absolute atomic E-state index is 12.5. The Hall–Kier alpha value is -1.05. The fourth-order valence-corrected chi connectivity index (χ4v) is 2.38. The van der Waals surface area contributed by atoms with E-state index in [2.05, 4.69) is 27.6 Å². The highest BCUT2D eigenvalue weighted by Gasteiger charge is 2.30. The molecule has 2 rings (SSSR count). The lowest BCUT2D eigenvalue weighted by atomic mass is 10.1. The van der Waals surface area contributed by atoms with E-state index in [1.54, 1.807) is 0 Å². The predicted octanol–water partition coefficient (Wildman–Crippen LogP) is 5.42. The molecule has 2 nitrogen and oxygen atoms in total. The Kier molecular flexibility index (Phi) is 4.41. The van der Waals surface area contributed by atoms with Gasteiger partial charge in [0.05, 0.1) is 11.3 Å². The van der Waals surface area contributed by atoms with E-state index < -0.39 is 11.7 Å². The Labute approximate surface area is 128 Å². The van der Waals surface area contributed by atoms with Gasteiger partial charge in [0.25, 0.3) is 0 Å². The quantitative estimate of drug-likeness (QED) is 0.513. The first kappa shape index (κ1) is 15.3. The van der Waals surface area contributed by atoms with Crippen molar-refractivity contribution >= 4 is 22.6 Å². The number of alkyl halides is 4. The van der Waals surface area contributed by atoms with Crippen LogP contribution in [0.15, 0.2) is 28.7 Å². The molecular formula is C14H13F3INO. The maximum Gasteiger partial charge on any atom is 0.416 e. The summed E-state index contributed by atoms with van der Waals surface area (Å²) >= 11 is 2.19. The van der Waals surface area contributed by atoms with Gasteiger partial charge in [0.15, 0.2) is 0 Å². The lowest BCUT2D eigenvalue weighted by Crippen LogP contribution is -2.03. The van der Waals surface area contributed by atoms with Gasteiger partial charge < -0.3 is 4.42 Å². The normalized spacial score (nSPS) is 12.2. The van der Waals surface area contributed by atoms with E-state index >= 15 is 0 Å². The van der Waals surface area contributed by atoms with Crippen LogP contribution in [-0.4, -0.2) is 4.98 Å². The number of aromatic nitrogens is 1.